The van der Waals surface area contributed by atoms with Gasteiger partial charge < -0.3 is 4.98 Å². The van der Waals surface area contributed by atoms with Crippen LogP contribution in [0.15, 0.2) is 85.1 Å². The topological polar surface area (TPSA) is 58.9 Å². The van der Waals surface area contributed by atoms with E-state index in [2.05, 4.69) is 4.98 Å². The zero-order chi connectivity index (χ0) is 19.1. The van der Waals surface area contributed by atoms with Crippen molar-refractivity contribution in [2.45, 2.75) is 6.92 Å². The molecule has 4 nitrogen and oxygen atoms in total. The lowest BCUT2D eigenvalue weighted by molar-refractivity contribution is -0.384. The summed E-state index contributed by atoms with van der Waals surface area (Å²) in [5.74, 6) is 0. The first kappa shape index (κ1) is 18.1. The molecule has 134 valence electrons. The second-order valence-corrected chi connectivity index (χ2v) is 5.92. The van der Waals surface area contributed by atoms with E-state index in [0.29, 0.717) is 5.56 Å². The number of nitro groups is 1. The molecule has 2 aromatic carbocycles. The Kier molecular flexibility index (Phi) is 5.80. The SMILES string of the molecule is C/C=C(\c1ccccc1)c1[nH]cc([N+](=O)[O-])c1/C=C/C=C/c1ccccc1. The van der Waals surface area contributed by atoms with E-state index in [4.69, 9.17) is 0 Å². The predicted octanol–water partition coefficient (Wildman–Crippen LogP) is 6.10. The lowest BCUT2D eigenvalue weighted by Gasteiger charge is -2.07. The van der Waals surface area contributed by atoms with Gasteiger partial charge in [-0.2, -0.15) is 0 Å². The van der Waals surface area contributed by atoms with E-state index >= 15 is 0 Å². The summed E-state index contributed by atoms with van der Waals surface area (Å²) in [6, 6.07) is 19.7. The average molecular weight is 356 g/mol. The summed E-state index contributed by atoms with van der Waals surface area (Å²) in [4.78, 5) is 14.2. The van der Waals surface area contributed by atoms with Crippen molar-refractivity contribution in [3.05, 3.63) is 118 Å². The molecule has 0 saturated carbocycles. The van der Waals surface area contributed by atoms with Gasteiger partial charge in [0.25, 0.3) is 5.69 Å². The van der Waals surface area contributed by atoms with E-state index in [-0.39, 0.29) is 10.6 Å². The van der Waals surface area contributed by atoms with Crippen LogP contribution in [0.3, 0.4) is 0 Å². The molecule has 0 amide bonds. The van der Waals surface area contributed by atoms with Gasteiger partial charge >= 0.3 is 0 Å². The van der Waals surface area contributed by atoms with Gasteiger partial charge in [0, 0.05) is 5.57 Å². The fraction of sp³-hybridized carbons (Fsp3) is 0.0435. The van der Waals surface area contributed by atoms with Crippen LogP contribution in [0.4, 0.5) is 5.69 Å². The highest BCUT2D eigenvalue weighted by Gasteiger charge is 2.20. The van der Waals surface area contributed by atoms with Crippen molar-refractivity contribution >= 4 is 23.4 Å². The van der Waals surface area contributed by atoms with Crippen LogP contribution in [0.2, 0.25) is 0 Å². The van der Waals surface area contributed by atoms with Crippen LogP contribution in [0.5, 0.6) is 0 Å². The number of aromatic nitrogens is 1. The van der Waals surface area contributed by atoms with Crippen molar-refractivity contribution in [3.8, 4) is 0 Å². The maximum Gasteiger partial charge on any atom is 0.294 e. The summed E-state index contributed by atoms with van der Waals surface area (Å²) in [7, 11) is 0. The van der Waals surface area contributed by atoms with Gasteiger partial charge in [-0.15, -0.1) is 0 Å². The van der Waals surface area contributed by atoms with Crippen LogP contribution in [-0.4, -0.2) is 9.91 Å². The normalized spacial score (nSPS) is 12.1. The molecule has 3 rings (SSSR count). The number of nitrogens with one attached hydrogen (secondary N) is 1. The van der Waals surface area contributed by atoms with E-state index in [1.54, 1.807) is 6.08 Å². The molecule has 0 spiro atoms. The quantitative estimate of drug-likeness (QED) is 0.329. The molecule has 3 aromatic rings. The summed E-state index contributed by atoms with van der Waals surface area (Å²) in [6.45, 7) is 1.93. The molecular formula is C23H20N2O2. The summed E-state index contributed by atoms with van der Waals surface area (Å²) in [5.41, 5.74) is 4.37. The van der Waals surface area contributed by atoms with Gasteiger partial charge in [0.05, 0.1) is 22.4 Å². The van der Waals surface area contributed by atoms with Crippen molar-refractivity contribution in [2.24, 2.45) is 0 Å². The Morgan fingerprint density at radius 2 is 1.59 bits per heavy atom. The van der Waals surface area contributed by atoms with E-state index in [0.717, 1.165) is 22.4 Å². The molecule has 27 heavy (non-hydrogen) atoms. The Morgan fingerprint density at radius 3 is 2.22 bits per heavy atom. The van der Waals surface area contributed by atoms with Gasteiger partial charge in [0.15, 0.2) is 0 Å². The van der Waals surface area contributed by atoms with Crippen LogP contribution in [0.1, 0.15) is 29.3 Å². The molecule has 0 atom stereocenters. The second-order valence-electron chi connectivity index (χ2n) is 5.92. The van der Waals surface area contributed by atoms with Crippen LogP contribution in [0, 0.1) is 10.1 Å². The van der Waals surface area contributed by atoms with Crippen molar-refractivity contribution in [1.82, 2.24) is 4.98 Å². The van der Waals surface area contributed by atoms with E-state index in [9.17, 15) is 10.1 Å². The van der Waals surface area contributed by atoms with E-state index < -0.39 is 0 Å². The van der Waals surface area contributed by atoms with Crippen LogP contribution in [0.25, 0.3) is 17.7 Å². The molecule has 0 fully saturated rings. The third kappa shape index (κ3) is 4.30. The molecule has 0 aliphatic heterocycles. The minimum absolute atomic E-state index is 0.0599. The summed E-state index contributed by atoms with van der Waals surface area (Å²) in [5, 5.41) is 11.5. The first-order valence-corrected chi connectivity index (χ1v) is 8.68. The van der Waals surface area contributed by atoms with E-state index in [1.165, 1.54) is 6.20 Å². The third-order valence-electron chi connectivity index (χ3n) is 4.20. The molecule has 0 aliphatic carbocycles. The molecule has 1 heterocycles. The average Bonchev–Trinajstić information content (AvgIpc) is 3.11. The van der Waals surface area contributed by atoms with Crippen molar-refractivity contribution in [2.75, 3.05) is 0 Å². The van der Waals surface area contributed by atoms with Gasteiger partial charge in [-0.3, -0.25) is 10.1 Å². The van der Waals surface area contributed by atoms with E-state index in [1.807, 2.05) is 91.9 Å². The van der Waals surface area contributed by atoms with Crippen molar-refractivity contribution < 1.29 is 4.92 Å². The predicted molar refractivity (Wildman–Crippen MR) is 111 cm³/mol. The Hall–Kier alpha value is -3.66. The van der Waals surface area contributed by atoms with Gasteiger partial charge in [0.2, 0.25) is 0 Å². The Balaban J connectivity index is 1.96. The molecule has 0 saturated heterocycles. The molecule has 1 N–H and O–H groups in total. The Bertz CT molecular complexity index is 997. The summed E-state index contributed by atoms with van der Waals surface area (Å²) >= 11 is 0. The molecule has 1 aromatic heterocycles. The lowest BCUT2D eigenvalue weighted by Crippen LogP contribution is -1.92. The minimum atomic E-state index is -0.362. The molecule has 0 unspecified atom stereocenters. The highest BCUT2D eigenvalue weighted by atomic mass is 16.6. The monoisotopic (exact) mass is 356 g/mol. The fourth-order valence-electron chi connectivity index (χ4n) is 2.92. The standard InChI is InChI=1S/C23H20N2O2/c1-2-20(19-14-7-4-8-15-19)23-21(22(17-24-23)25(26)27)16-10-9-13-18-11-5-3-6-12-18/h2-17,24H,1H3/b13-9+,16-10+,20-2+. The number of H-pyrrole nitrogens is 1. The minimum Gasteiger partial charge on any atom is -0.355 e. The highest BCUT2D eigenvalue weighted by molar-refractivity contribution is 5.85. The first-order chi connectivity index (χ1) is 13.2. The summed E-state index contributed by atoms with van der Waals surface area (Å²) < 4.78 is 0. The van der Waals surface area contributed by atoms with Gasteiger partial charge in [-0.25, -0.2) is 0 Å². The third-order valence-corrected chi connectivity index (χ3v) is 4.20. The maximum absolute atomic E-state index is 11.5. The Morgan fingerprint density at radius 1 is 0.963 bits per heavy atom. The number of aromatic amines is 1. The second kappa shape index (κ2) is 8.63. The smallest absolute Gasteiger partial charge is 0.294 e. The van der Waals surface area contributed by atoms with Gasteiger partial charge in [-0.1, -0.05) is 85.0 Å². The zero-order valence-electron chi connectivity index (χ0n) is 15.0. The number of hydrogen-bond acceptors (Lipinski definition) is 2. The molecule has 0 radical (unpaired) electrons. The number of benzene rings is 2. The van der Waals surface area contributed by atoms with Crippen LogP contribution >= 0.6 is 0 Å². The van der Waals surface area contributed by atoms with Crippen LogP contribution in [-0.2, 0) is 0 Å². The highest BCUT2D eigenvalue weighted by Crippen LogP contribution is 2.32. The first-order valence-electron chi connectivity index (χ1n) is 8.68. The number of allylic oxidation sites excluding steroid dienone is 3. The van der Waals surface area contributed by atoms with Crippen molar-refractivity contribution in [3.63, 3.8) is 0 Å². The number of nitrogens with zero attached hydrogens (tertiary/aromatic N) is 1. The van der Waals surface area contributed by atoms with Crippen molar-refractivity contribution in [1.29, 1.82) is 0 Å². The number of hydrogen-bond donors (Lipinski definition) is 1. The molecule has 0 aliphatic rings. The maximum atomic E-state index is 11.5. The van der Waals surface area contributed by atoms with Gasteiger partial charge in [-0.05, 0) is 24.1 Å². The van der Waals surface area contributed by atoms with Gasteiger partial charge in [0.1, 0.15) is 0 Å². The Labute approximate surface area is 158 Å². The number of rotatable bonds is 6. The zero-order valence-corrected chi connectivity index (χ0v) is 15.0. The van der Waals surface area contributed by atoms with Crippen LogP contribution < -0.4 is 0 Å². The molecule has 0 bridgehead atoms. The summed E-state index contributed by atoms with van der Waals surface area (Å²) in [6.07, 6.45) is 10.8. The lowest BCUT2D eigenvalue weighted by atomic mass is 9.99. The molecule has 4 heteroatoms. The fourth-order valence-corrected chi connectivity index (χ4v) is 2.92. The largest absolute Gasteiger partial charge is 0.355 e. The molecular weight excluding hydrogens is 336 g/mol.